The van der Waals surface area contributed by atoms with Crippen LogP contribution in [0.15, 0.2) is 16.9 Å². The lowest BCUT2D eigenvalue weighted by molar-refractivity contribution is 0.452. The number of aromatic amines is 1. The largest absolute Gasteiger partial charge is 0.326 e. The van der Waals surface area contributed by atoms with Crippen molar-refractivity contribution in [2.75, 3.05) is 13.1 Å². The first kappa shape index (κ1) is 10.4. The van der Waals surface area contributed by atoms with Crippen molar-refractivity contribution in [2.24, 2.45) is 5.73 Å². The van der Waals surface area contributed by atoms with Gasteiger partial charge in [0, 0.05) is 23.7 Å². The maximum Gasteiger partial charge on any atom is 0.252 e. The van der Waals surface area contributed by atoms with E-state index in [4.69, 9.17) is 5.73 Å². The summed E-state index contributed by atoms with van der Waals surface area (Å²) in [5.41, 5.74) is 7.13. The molecule has 1 saturated heterocycles. The lowest BCUT2D eigenvalue weighted by atomic mass is 9.94. The summed E-state index contributed by atoms with van der Waals surface area (Å²) < 4.78 is 0. The molecule has 4 heteroatoms. The third kappa shape index (κ3) is 2.27. The summed E-state index contributed by atoms with van der Waals surface area (Å²) in [7, 11) is 0. The highest BCUT2D eigenvalue weighted by molar-refractivity contribution is 5.17. The van der Waals surface area contributed by atoms with Crippen molar-refractivity contribution in [3.05, 3.63) is 33.7 Å². The predicted molar refractivity (Wildman–Crippen MR) is 59.8 cm³/mol. The van der Waals surface area contributed by atoms with Crippen LogP contribution in [0.4, 0.5) is 0 Å². The number of piperidine rings is 1. The maximum atomic E-state index is 11.6. The van der Waals surface area contributed by atoms with Crippen molar-refractivity contribution in [3.8, 4) is 0 Å². The van der Waals surface area contributed by atoms with Gasteiger partial charge in [-0.1, -0.05) is 6.07 Å². The number of hydrogen-bond acceptors (Lipinski definition) is 3. The Balaban J connectivity index is 2.21. The van der Waals surface area contributed by atoms with Gasteiger partial charge in [0.15, 0.2) is 0 Å². The molecule has 0 bridgehead atoms. The molecule has 1 aliphatic rings. The third-order valence-corrected chi connectivity index (χ3v) is 3.01. The Morgan fingerprint density at radius 2 is 2.07 bits per heavy atom. The molecular weight excluding hydrogens is 190 g/mol. The second kappa shape index (κ2) is 4.59. The second-order valence-corrected chi connectivity index (χ2v) is 4.00. The van der Waals surface area contributed by atoms with Crippen molar-refractivity contribution in [2.45, 2.75) is 25.3 Å². The van der Waals surface area contributed by atoms with Gasteiger partial charge in [0.25, 0.3) is 5.56 Å². The molecule has 1 aromatic rings. The van der Waals surface area contributed by atoms with Gasteiger partial charge in [-0.05, 0) is 32.0 Å². The first-order valence-electron chi connectivity index (χ1n) is 5.44. The highest BCUT2D eigenvalue weighted by atomic mass is 16.1. The maximum absolute atomic E-state index is 11.6. The van der Waals surface area contributed by atoms with Crippen LogP contribution in [0.1, 0.15) is 30.0 Å². The van der Waals surface area contributed by atoms with Crippen LogP contribution in [-0.2, 0) is 6.54 Å². The molecule has 2 rings (SSSR count). The van der Waals surface area contributed by atoms with Crippen LogP contribution in [0.3, 0.4) is 0 Å². The number of H-pyrrole nitrogens is 1. The van der Waals surface area contributed by atoms with E-state index in [1.165, 1.54) is 0 Å². The molecule has 0 aromatic carbocycles. The van der Waals surface area contributed by atoms with E-state index in [0.717, 1.165) is 31.6 Å². The Labute approximate surface area is 88.9 Å². The average Bonchev–Trinajstić information content (AvgIpc) is 2.30. The number of hydrogen-bond donors (Lipinski definition) is 3. The van der Waals surface area contributed by atoms with Gasteiger partial charge >= 0.3 is 0 Å². The van der Waals surface area contributed by atoms with Gasteiger partial charge in [0.05, 0.1) is 0 Å². The molecule has 4 N–H and O–H groups in total. The van der Waals surface area contributed by atoms with Crippen molar-refractivity contribution in [1.82, 2.24) is 10.3 Å². The summed E-state index contributed by atoms with van der Waals surface area (Å²) in [6, 6.07) is 3.84. The van der Waals surface area contributed by atoms with E-state index in [1.54, 1.807) is 0 Å². The Hall–Kier alpha value is -1.13. The fraction of sp³-hybridized carbons (Fsp3) is 0.545. The van der Waals surface area contributed by atoms with E-state index >= 15 is 0 Å². The number of pyridine rings is 1. The number of nitrogens with one attached hydrogen (secondary N) is 2. The van der Waals surface area contributed by atoms with Crippen LogP contribution in [0.25, 0.3) is 0 Å². The molecule has 15 heavy (non-hydrogen) atoms. The Morgan fingerprint density at radius 1 is 1.33 bits per heavy atom. The monoisotopic (exact) mass is 207 g/mol. The number of nitrogens with two attached hydrogens (primary N) is 1. The highest BCUT2D eigenvalue weighted by Crippen LogP contribution is 2.22. The Kier molecular flexibility index (Phi) is 3.18. The van der Waals surface area contributed by atoms with Crippen molar-refractivity contribution < 1.29 is 0 Å². The first-order valence-corrected chi connectivity index (χ1v) is 5.44. The molecular formula is C11H17N3O. The summed E-state index contributed by atoms with van der Waals surface area (Å²) in [5, 5.41) is 3.31. The molecule has 2 heterocycles. The summed E-state index contributed by atoms with van der Waals surface area (Å²) in [4.78, 5) is 14.5. The first-order chi connectivity index (χ1) is 7.31. The summed E-state index contributed by atoms with van der Waals surface area (Å²) in [5.74, 6) is 0.491. The van der Waals surface area contributed by atoms with Crippen molar-refractivity contribution in [3.63, 3.8) is 0 Å². The van der Waals surface area contributed by atoms with Crippen molar-refractivity contribution in [1.29, 1.82) is 0 Å². The van der Waals surface area contributed by atoms with Gasteiger partial charge in [0.1, 0.15) is 0 Å². The van der Waals surface area contributed by atoms with Crippen LogP contribution < -0.4 is 16.6 Å². The molecule has 82 valence electrons. The molecule has 0 radical (unpaired) electrons. The summed E-state index contributed by atoms with van der Waals surface area (Å²) in [6.45, 7) is 2.37. The zero-order chi connectivity index (χ0) is 10.7. The smallest absolute Gasteiger partial charge is 0.252 e. The lowest BCUT2D eigenvalue weighted by Gasteiger charge is -2.22. The average molecular weight is 207 g/mol. The molecule has 0 aliphatic carbocycles. The zero-order valence-corrected chi connectivity index (χ0v) is 8.75. The minimum Gasteiger partial charge on any atom is -0.326 e. The molecule has 1 aromatic heterocycles. The van der Waals surface area contributed by atoms with Gasteiger partial charge in [0.2, 0.25) is 0 Å². The van der Waals surface area contributed by atoms with E-state index in [1.807, 2.05) is 12.1 Å². The molecule has 0 amide bonds. The molecule has 1 aliphatic heterocycles. The normalized spacial score (nSPS) is 17.9. The van der Waals surface area contributed by atoms with E-state index in [0.29, 0.717) is 18.0 Å². The van der Waals surface area contributed by atoms with Crippen LogP contribution in [0, 0.1) is 0 Å². The molecule has 0 atom stereocenters. The second-order valence-electron chi connectivity index (χ2n) is 4.00. The van der Waals surface area contributed by atoms with E-state index in [2.05, 4.69) is 10.3 Å². The zero-order valence-electron chi connectivity index (χ0n) is 8.75. The SMILES string of the molecule is NCc1ccc(C2CCNCC2)[nH]c1=O. The van der Waals surface area contributed by atoms with Crippen LogP contribution in [0.2, 0.25) is 0 Å². The van der Waals surface area contributed by atoms with Crippen LogP contribution >= 0.6 is 0 Å². The van der Waals surface area contributed by atoms with Crippen molar-refractivity contribution >= 4 is 0 Å². The minimum atomic E-state index is -0.0338. The van der Waals surface area contributed by atoms with Crippen LogP contribution in [0.5, 0.6) is 0 Å². The minimum absolute atomic E-state index is 0.0338. The van der Waals surface area contributed by atoms with Gasteiger partial charge in [-0.3, -0.25) is 4.79 Å². The van der Waals surface area contributed by atoms with E-state index in [9.17, 15) is 4.79 Å². The number of aromatic nitrogens is 1. The van der Waals surface area contributed by atoms with Crippen LogP contribution in [-0.4, -0.2) is 18.1 Å². The Morgan fingerprint density at radius 3 is 2.67 bits per heavy atom. The fourth-order valence-electron chi connectivity index (χ4n) is 2.05. The topological polar surface area (TPSA) is 70.9 Å². The predicted octanol–water partition coefficient (Wildman–Crippen LogP) is 0.301. The lowest BCUT2D eigenvalue weighted by Crippen LogP contribution is -2.28. The fourth-order valence-corrected chi connectivity index (χ4v) is 2.05. The molecule has 1 fully saturated rings. The van der Waals surface area contributed by atoms with Gasteiger partial charge < -0.3 is 16.0 Å². The van der Waals surface area contributed by atoms with E-state index < -0.39 is 0 Å². The van der Waals surface area contributed by atoms with E-state index in [-0.39, 0.29) is 5.56 Å². The molecule has 4 nitrogen and oxygen atoms in total. The third-order valence-electron chi connectivity index (χ3n) is 3.01. The Bertz CT molecular complexity index is 380. The highest BCUT2D eigenvalue weighted by Gasteiger charge is 2.15. The quantitative estimate of drug-likeness (QED) is 0.653. The van der Waals surface area contributed by atoms with Gasteiger partial charge in [-0.15, -0.1) is 0 Å². The molecule has 0 saturated carbocycles. The summed E-state index contributed by atoms with van der Waals surface area (Å²) in [6.07, 6.45) is 2.19. The van der Waals surface area contributed by atoms with Gasteiger partial charge in [-0.2, -0.15) is 0 Å². The molecule has 0 spiro atoms. The standard InChI is InChI=1S/C11H17N3O/c12-7-9-1-2-10(14-11(9)15)8-3-5-13-6-4-8/h1-2,8,13H,3-7,12H2,(H,14,15). The number of rotatable bonds is 2. The molecule has 0 unspecified atom stereocenters. The summed E-state index contributed by atoms with van der Waals surface area (Å²) >= 11 is 0. The van der Waals surface area contributed by atoms with Gasteiger partial charge in [-0.25, -0.2) is 0 Å².